The number of benzene rings is 2. The smallest absolute Gasteiger partial charge is 0.274 e. The average Bonchev–Trinajstić information content (AvgIpc) is 2.70. The minimum absolute atomic E-state index is 0.214. The number of anilines is 3. The van der Waals surface area contributed by atoms with Gasteiger partial charge < -0.3 is 15.4 Å². The summed E-state index contributed by atoms with van der Waals surface area (Å²) in [6.45, 7) is 2.44. The molecule has 0 atom stereocenters. The first kappa shape index (κ1) is 17.9. The summed E-state index contributed by atoms with van der Waals surface area (Å²) in [5.41, 5.74) is 2.03. The van der Waals surface area contributed by atoms with Crippen LogP contribution in [0.25, 0.3) is 0 Å². The summed E-state index contributed by atoms with van der Waals surface area (Å²) in [7, 11) is 0. The summed E-state index contributed by atoms with van der Waals surface area (Å²) < 4.78 is 5.56. The maximum Gasteiger partial charge on any atom is 0.274 e. The second-order valence-electron chi connectivity index (χ2n) is 5.46. The van der Waals surface area contributed by atoms with Gasteiger partial charge in [-0.15, -0.1) is 0 Å². The highest BCUT2D eigenvalue weighted by Crippen LogP contribution is 2.26. The summed E-state index contributed by atoms with van der Waals surface area (Å²) in [5, 5.41) is 14.6. The van der Waals surface area contributed by atoms with Gasteiger partial charge in [-0.3, -0.25) is 4.79 Å². The molecule has 0 unspecified atom stereocenters. The van der Waals surface area contributed by atoms with Gasteiger partial charge in [0.25, 0.3) is 5.91 Å². The summed E-state index contributed by atoms with van der Waals surface area (Å²) in [5.74, 6) is 0.592. The number of nitrogens with one attached hydrogen (secondary N) is 2. The molecular weight excluding hydrogens is 342 g/mol. The Morgan fingerprint density at radius 3 is 2.67 bits per heavy atom. The molecule has 0 aliphatic rings. The number of hydrogen-bond acceptors (Lipinski definition) is 6. The van der Waals surface area contributed by atoms with E-state index in [1.54, 1.807) is 24.3 Å². The molecule has 0 saturated heterocycles. The summed E-state index contributed by atoms with van der Waals surface area (Å²) in [6.07, 6.45) is 1.51. The Hall–Kier alpha value is -3.92. The molecule has 0 aliphatic heterocycles. The third-order valence-corrected chi connectivity index (χ3v) is 3.59. The summed E-state index contributed by atoms with van der Waals surface area (Å²) >= 11 is 0. The van der Waals surface area contributed by atoms with Crippen LogP contribution in [0.5, 0.6) is 5.75 Å². The van der Waals surface area contributed by atoms with Gasteiger partial charge in [-0.2, -0.15) is 5.26 Å². The minimum Gasteiger partial charge on any atom is -0.492 e. The van der Waals surface area contributed by atoms with Gasteiger partial charge in [0.05, 0.1) is 23.9 Å². The van der Waals surface area contributed by atoms with Crippen LogP contribution in [0.15, 0.2) is 60.8 Å². The van der Waals surface area contributed by atoms with E-state index in [9.17, 15) is 4.79 Å². The lowest BCUT2D eigenvalue weighted by molar-refractivity contribution is 0.102. The lowest BCUT2D eigenvalue weighted by Gasteiger charge is -2.11. The van der Waals surface area contributed by atoms with Crippen LogP contribution in [0.2, 0.25) is 0 Å². The maximum atomic E-state index is 12.4. The van der Waals surface area contributed by atoms with E-state index in [-0.39, 0.29) is 17.5 Å². The van der Waals surface area contributed by atoms with Crippen molar-refractivity contribution >= 4 is 23.2 Å². The monoisotopic (exact) mass is 359 g/mol. The van der Waals surface area contributed by atoms with Gasteiger partial charge in [0, 0.05) is 11.9 Å². The number of amides is 1. The lowest BCUT2D eigenvalue weighted by atomic mass is 10.2. The van der Waals surface area contributed by atoms with Crippen LogP contribution in [0.1, 0.15) is 23.0 Å². The standard InChI is InChI=1S/C20H17N5O2/c1-2-27-18-6-4-3-5-16(18)24-20-22-12-11-17(25-20)19(26)23-15-9-7-14(13-21)8-10-15/h3-12H,2H2,1H3,(H,23,26)(H,22,24,25). The van der Waals surface area contributed by atoms with Gasteiger partial charge >= 0.3 is 0 Å². The summed E-state index contributed by atoms with van der Waals surface area (Å²) in [6, 6.07) is 17.6. The van der Waals surface area contributed by atoms with Crippen molar-refractivity contribution in [1.29, 1.82) is 5.26 Å². The molecular formula is C20H17N5O2. The molecule has 1 heterocycles. The Bertz CT molecular complexity index is 980. The van der Waals surface area contributed by atoms with E-state index < -0.39 is 0 Å². The zero-order valence-electron chi connectivity index (χ0n) is 14.6. The third-order valence-electron chi connectivity index (χ3n) is 3.59. The maximum absolute atomic E-state index is 12.4. The second kappa shape index (κ2) is 8.45. The van der Waals surface area contributed by atoms with Crippen molar-refractivity contribution in [3.05, 3.63) is 72.1 Å². The third kappa shape index (κ3) is 4.58. The van der Waals surface area contributed by atoms with Crippen LogP contribution in [-0.4, -0.2) is 22.5 Å². The zero-order valence-corrected chi connectivity index (χ0v) is 14.6. The van der Waals surface area contributed by atoms with Crippen molar-refractivity contribution in [2.75, 3.05) is 17.2 Å². The van der Waals surface area contributed by atoms with Crippen LogP contribution < -0.4 is 15.4 Å². The Morgan fingerprint density at radius 2 is 1.93 bits per heavy atom. The molecule has 0 fully saturated rings. The number of carbonyl (C=O) groups is 1. The molecule has 7 heteroatoms. The SMILES string of the molecule is CCOc1ccccc1Nc1nccc(C(=O)Nc2ccc(C#N)cc2)n1. The Kier molecular flexibility index (Phi) is 5.60. The van der Waals surface area contributed by atoms with Crippen LogP contribution in [0, 0.1) is 11.3 Å². The molecule has 27 heavy (non-hydrogen) atoms. The first-order valence-electron chi connectivity index (χ1n) is 8.33. The normalized spacial score (nSPS) is 9.93. The predicted molar refractivity (Wildman–Crippen MR) is 102 cm³/mol. The molecule has 0 spiro atoms. The number of nitriles is 1. The first-order chi connectivity index (χ1) is 13.2. The molecule has 3 aromatic rings. The van der Waals surface area contributed by atoms with E-state index in [0.717, 1.165) is 0 Å². The Morgan fingerprint density at radius 1 is 1.15 bits per heavy atom. The molecule has 0 bridgehead atoms. The molecule has 1 aromatic heterocycles. The van der Waals surface area contributed by atoms with E-state index >= 15 is 0 Å². The van der Waals surface area contributed by atoms with Crippen LogP contribution in [0.4, 0.5) is 17.3 Å². The topological polar surface area (TPSA) is 99.9 Å². The minimum atomic E-state index is -0.372. The molecule has 1 amide bonds. The number of hydrogen-bond donors (Lipinski definition) is 2. The van der Waals surface area contributed by atoms with Gasteiger partial charge in [-0.05, 0) is 49.4 Å². The molecule has 134 valence electrons. The molecule has 0 radical (unpaired) electrons. The van der Waals surface area contributed by atoms with Crippen molar-refractivity contribution in [3.63, 3.8) is 0 Å². The van der Waals surface area contributed by atoms with Crippen LogP contribution in [-0.2, 0) is 0 Å². The number of ether oxygens (including phenoxy) is 1. The predicted octanol–water partition coefficient (Wildman–Crippen LogP) is 3.74. The van der Waals surface area contributed by atoms with E-state index in [0.29, 0.717) is 29.3 Å². The van der Waals surface area contributed by atoms with Crippen molar-refractivity contribution < 1.29 is 9.53 Å². The van der Waals surface area contributed by atoms with Gasteiger partial charge in [0.2, 0.25) is 5.95 Å². The number of nitrogens with zero attached hydrogens (tertiary/aromatic N) is 3. The Labute approximate surface area is 156 Å². The molecule has 3 rings (SSSR count). The van der Waals surface area contributed by atoms with Gasteiger partial charge in [0.15, 0.2) is 0 Å². The van der Waals surface area contributed by atoms with Crippen molar-refractivity contribution in [3.8, 4) is 11.8 Å². The van der Waals surface area contributed by atoms with Crippen LogP contribution >= 0.6 is 0 Å². The quantitative estimate of drug-likeness (QED) is 0.695. The van der Waals surface area contributed by atoms with Gasteiger partial charge in [0.1, 0.15) is 11.4 Å². The van der Waals surface area contributed by atoms with E-state index in [2.05, 4.69) is 20.6 Å². The van der Waals surface area contributed by atoms with Crippen LogP contribution in [0.3, 0.4) is 0 Å². The highest BCUT2D eigenvalue weighted by molar-refractivity contribution is 6.03. The molecule has 2 aromatic carbocycles. The molecule has 2 N–H and O–H groups in total. The number of aromatic nitrogens is 2. The second-order valence-corrected chi connectivity index (χ2v) is 5.46. The Balaban J connectivity index is 1.75. The van der Waals surface area contributed by atoms with Crippen molar-refractivity contribution in [2.24, 2.45) is 0 Å². The van der Waals surface area contributed by atoms with Gasteiger partial charge in [-0.1, -0.05) is 12.1 Å². The molecule has 0 saturated carbocycles. The lowest BCUT2D eigenvalue weighted by Crippen LogP contribution is -2.14. The van der Waals surface area contributed by atoms with E-state index in [1.165, 1.54) is 12.3 Å². The molecule has 0 aliphatic carbocycles. The number of rotatable bonds is 6. The fourth-order valence-corrected chi connectivity index (χ4v) is 2.34. The number of para-hydroxylation sites is 2. The zero-order chi connectivity index (χ0) is 19.1. The van der Waals surface area contributed by atoms with Crippen molar-refractivity contribution in [2.45, 2.75) is 6.92 Å². The fourth-order valence-electron chi connectivity index (χ4n) is 2.34. The highest BCUT2D eigenvalue weighted by Gasteiger charge is 2.11. The van der Waals surface area contributed by atoms with Crippen molar-refractivity contribution in [1.82, 2.24) is 9.97 Å². The van der Waals surface area contributed by atoms with E-state index in [1.807, 2.05) is 37.3 Å². The number of carbonyl (C=O) groups excluding carboxylic acids is 1. The first-order valence-corrected chi connectivity index (χ1v) is 8.33. The fraction of sp³-hybridized carbons (Fsp3) is 0.100. The average molecular weight is 359 g/mol. The van der Waals surface area contributed by atoms with E-state index in [4.69, 9.17) is 10.00 Å². The summed E-state index contributed by atoms with van der Waals surface area (Å²) in [4.78, 5) is 20.8. The highest BCUT2D eigenvalue weighted by atomic mass is 16.5. The largest absolute Gasteiger partial charge is 0.492 e. The van der Waals surface area contributed by atoms with Gasteiger partial charge in [-0.25, -0.2) is 9.97 Å². The molecule has 7 nitrogen and oxygen atoms in total.